The molecular weight excluding hydrogens is 238 g/mol. The van der Waals surface area contributed by atoms with Gasteiger partial charge in [-0.2, -0.15) is 5.10 Å². The van der Waals surface area contributed by atoms with Crippen LogP contribution in [0.15, 0.2) is 6.20 Å². The van der Waals surface area contributed by atoms with Gasteiger partial charge in [0.25, 0.3) is 0 Å². The van der Waals surface area contributed by atoms with Gasteiger partial charge in [-0.05, 0) is 32.1 Å². The Bertz CT molecular complexity index is 410. The van der Waals surface area contributed by atoms with Crippen LogP contribution in [-0.2, 0) is 18.2 Å². The molecule has 106 valence electrons. The van der Waals surface area contributed by atoms with E-state index in [2.05, 4.69) is 10.4 Å². The maximum Gasteiger partial charge on any atom is 0.0594 e. The van der Waals surface area contributed by atoms with Gasteiger partial charge in [0.1, 0.15) is 0 Å². The summed E-state index contributed by atoms with van der Waals surface area (Å²) in [4.78, 5) is 0. The second-order valence-electron chi connectivity index (χ2n) is 5.85. The molecule has 1 N–H and O–H groups in total. The maximum absolute atomic E-state index is 5.90. The van der Waals surface area contributed by atoms with E-state index in [0.29, 0.717) is 12.1 Å². The molecular formula is C15H25N3O. The van der Waals surface area contributed by atoms with E-state index < -0.39 is 0 Å². The van der Waals surface area contributed by atoms with Gasteiger partial charge in [-0.1, -0.05) is 12.8 Å². The first-order valence-electron chi connectivity index (χ1n) is 7.70. The van der Waals surface area contributed by atoms with Crippen LogP contribution >= 0.6 is 0 Å². The lowest BCUT2D eigenvalue weighted by atomic mass is 9.93. The highest BCUT2D eigenvalue weighted by Gasteiger charge is 2.23. The molecule has 19 heavy (non-hydrogen) atoms. The van der Waals surface area contributed by atoms with Crippen molar-refractivity contribution < 1.29 is 4.74 Å². The Morgan fingerprint density at radius 3 is 3.00 bits per heavy atom. The monoisotopic (exact) mass is 263 g/mol. The van der Waals surface area contributed by atoms with Crippen molar-refractivity contribution in [2.45, 2.75) is 57.1 Å². The zero-order chi connectivity index (χ0) is 13.1. The van der Waals surface area contributed by atoms with Crippen LogP contribution in [0.25, 0.3) is 0 Å². The van der Waals surface area contributed by atoms with Crippen LogP contribution in [0, 0.1) is 0 Å². The Morgan fingerprint density at radius 1 is 1.32 bits per heavy atom. The number of rotatable bonds is 5. The second-order valence-corrected chi connectivity index (χ2v) is 5.85. The summed E-state index contributed by atoms with van der Waals surface area (Å²) in [7, 11) is 2.05. The Morgan fingerprint density at radius 2 is 2.16 bits per heavy atom. The molecule has 3 rings (SSSR count). The first-order valence-corrected chi connectivity index (χ1v) is 7.70. The highest BCUT2D eigenvalue weighted by atomic mass is 16.5. The number of ether oxygens (including phenoxy) is 1. The Labute approximate surface area is 115 Å². The fourth-order valence-electron chi connectivity index (χ4n) is 3.43. The van der Waals surface area contributed by atoms with Gasteiger partial charge in [0.15, 0.2) is 0 Å². The fraction of sp³-hybridized carbons (Fsp3) is 0.800. The molecule has 1 heterocycles. The normalized spacial score (nSPS) is 23.7. The van der Waals surface area contributed by atoms with E-state index in [4.69, 9.17) is 4.74 Å². The molecule has 4 heteroatoms. The van der Waals surface area contributed by atoms with Gasteiger partial charge >= 0.3 is 0 Å². The number of hydrogen-bond donors (Lipinski definition) is 1. The molecule has 1 saturated carbocycles. The van der Waals surface area contributed by atoms with Gasteiger partial charge < -0.3 is 10.1 Å². The second kappa shape index (κ2) is 6.06. The summed E-state index contributed by atoms with van der Waals surface area (Å²) in [6, 6.07) is 0.477. The topological polar surface area (TPSA) is 39.1 Å². The van der Waals surface area contributed by atoms with Crippen LogP contribution in [-0.4, -0.2) is 29.0 Å². The zero-order valence-electron chi connectivity index (χ0n) is 11.9. The number of aryl methyl sites for hydroxylation is 1. The molecule has 1 aromatic heterocycles. The summed E-state index contributed by atoms with van der Waals surface area (Å²) in [6.45, 7) is 1.80. The van der Waals surface area contributed by atoms with E-state index in [1.807, 2.05) is 17.9 Å². The molecule has 0 radical (unpaired) electrons. The molecule has 1 unspecified atom stereocenters. The number of nitrogens with one attached hydrogen (secondary N) is 1. The summed E-state index contributed by atoms with van der Waals surface area (Å²) in [5, 5.41) is 8.02. The number of nitrogens with zero attached hydrogens (tertiary/aromatic N) is 2. The van der Waals surface area contributed by atoms with Crippen LogP contribution in [0.5, 0.6) is 0 Å². The van der Waals surface area contributed by atoms with E-state index in [0.717, 1.165) is 13.2 Å². The molecule has 0 amide bonds. The third-order valence-electron chi connectivity index (χ3n) is 4.52. The number of aromatic nitrogens is 2. The number of fused-ring (bicyclic) bond motifs is 1. The minimum atomic E-state index is 0.477. The predicted octanol–water partition coefficient (Wildman–Crippen LogP) is 2.35. The highest BCUT2D eigenvalue weighted by molar-refractivity contribution is 5.24. The molecule has 1 fully saturated rings. The molecule has 0 bridgehead atoms. The van der Waals surface area contributed by atoms with E-state index >= 15 is 0 Å². The summed E-state index contributed by atoms with van der Waals surface area (Å²) >= 11 is 0. The minimum Gasteiger partial charge on any atom is -0.377 e. The molecule has 4 nitrogen and oxygen atoms in total. The van der Waals surface area contributed by atoms with Crippen molar-refractivity contribution in [1.82, 2.24) is 15.1 Å². The van der Waals surface area contributed by atoms with Gasteiger partial charge in [0, 0.05) is 30.9 Å². The van der Waals surface area contributed by atoms with Crippen molar-refractivity contribution in [1.29, 1.82) is 0 Å². The standard InChI is InChI=1S/C15H25N3O/c1-18-15-8-4-7-14(13(15)11-17-18)16-9-10-19-12-5-2-3-6-12/h11-12,14,16H,2-10H2,1H3. The summed E-state index contributed by atoms with van der Waals surface area (Å²) in [5.74, 6) is 0. The van der Waals surface area contributed by atoms with Gasteiger partial charge in [-0.15, -0.1) is 0 Å². The molecule has 0 spiro atoms. The van der Waals surface area contributed by atoms with Gasteiger partial charge in [0.2, 0.25) is 0 Å². The summed E-state index contributed by atoms with van der Waals surface area (Å²) < 4.78 is 7.93. The van der Waals surface area contributed by atoms with Crippen molar-refractivity contribution in [2.75, 3.05) is 13.2 Å². The summed E-state index contributed by atoms with van der Waals surface area (Å²) in [5.41, 5.74) is 2.80. The van der Waals surface area contributed by atoms with Gasteiger partial charge in [-0.25, -0.2) is 0 Å². The molecule has 2 aliphatic carbocycles. The first kappa shape index (κ1) is 13.1. The molecule has 2 aliphatic rings. The van der Waals surface area contributed by atoms with E-state index in [-0.39, 0.29) is 0 Å². The van der Waals surface area contributed by atoms with Crippen LogP contribution < -0.4 is 5.32 Å². The molecule has 0 aliphatic heterocycles. The molecule has 0 aromatic carbocycles. The van der Waals surface area contributed by atoms with E-state index in [1.54, 1.807) is 0 Å². The van der Waals surface area contributed by atoms with Crippen molar-refractivity contribution in [3.05, 3.63) is 17.5 Å². The quantitative estimate of drug-likeness (QED) is 0.829. The average molecular weight is 263 g/mol. The van der Waals surface area contributed by atoms with E-state index in [1.165, 1.54) is 56.2 Å². The van der Waals surface area contributed by atoms with Crippen molar-refractivity contribution in [3.8, 4) is 0 Å². The maximum atomic E-state index is 5.90. The Kier molecular flexibility index (Phi) is 4.18. The van der Waals surface area contributed by atoms with Gasteiger partial charge in [0.05, 0.1) is 18.9 Å². The number of hydrogen-bond acceptors (Lipinski definition) is 3. The van der Waals surface area contributed by atoms with Crippen LogP contribution in [0.3, 0.4) is 0 Å². The van der Waals surface area contributed by atoms with Crippen LogP contribution in [0.4, 0.5) is 0 Å². The molecule has 1 aromatic rings. The lowest BCUT2D eigenvalue weighted by molar-refractivity contribution is 0.0588. The SMILES string of the molecule is Cn1ncc2c1CCCC2NCCOC1CCCC1. The van der Waals surface area contributed by atoms with E-state index in [9.17, 15) is 0 Å². The zero-order valence-corrected chi connectivity index (χ0v) is 11.9. The lowest BCUT2D eigenvalue weighted by Crippen LogP contribution is -2.29. The smallest absolute Gasteiger partial charge is 0.0594 e. The molecule has 1 atom stereocenters. The predicted molar refractivity (Wildman–Crippen MR) is 75.1 cm³/mol. The third-order valence-corrected chi connectivity index (χ3v) is 4.52. The third kappa shape index (κ3) is 3.00. The minimum absolute atomic E-state index is 0.477. The van der Waals surface area contributed by atoms with Gasteiger partial charge in [-0.3, -0.25) is 4.68 Å². The van der Waals surface area contributed by atoms with Crippen LogP contribution in [0.1, 0.15) is 55.8 Å². The first-order chi connectivity index (χ1) is 9.34. The highest BCUT2D eigenvalue weighted by Crippen LogP contribution is 2.29. The van der Waals surface area contributed by atoms with Crippen molar-refractivity contribution in [2.24, 2.45) is 7.05 Å². The molecule has 0 saturated heterocycles. The summed E-state index contributed by atoms with van der Waals surface area (Å²) in [6.07, 6.45) is 11.4. The van der Waals surface area contributed by atoms with Crippen molar-refractivity contribution in [3.63, 3.8) is 0 Å². The Balaban J connectivity index is 1.45. The lowest BCUT2D eigenvalue weighted by Gasteiger charge is -2.24. The van der Waals surface area contributed by atoms with Crippen LogP contribution in [0.2, 0.25) is 0 Å². The fourth-order valence-corrected chi connectivity index (χ4v) is 3.43. The Hall–Kier alpha value is -0.870. The van der Waals surface area contributed by atoms with Crippen molar-refractivity contribution >= 4 is 0 Å². The average Bonchev–Trinajstić information content (AvgIpc) is 3.06. The largest absolute Gasteiger partial charge is 0.377 e.